The maximum atomic E-state index is 13.6. The lowest BCUT2D eigenvalue weighted by Gasteiger charge is -2.36. The van der Waals surface area contributed by atoms with Crippen LogP contribution in [-0.4, -0.2) is 64.4 Å². The van der Waals surface area contributed by atoms with Crippen LogP contribution in [0.25, 0.3) is 0 Å². The van der Waals surface area contributed by atoms with Crippen molar-refractivity contribution < 1.29 is 28.2 Å². The van der Waals surface area contributed by atoms with Gasteiger partial charge in [0.25, 0.3) is 0 Å². The average molecular weight is 612 g/mol. The average Bonchev–Trinajstić information content (AvgIpc) is 2.99. The fourth-order valence-electron chi connectivity index (χ4n) is 4.88. The van der Waals surface area contributed by atoms with Crippen LogP contribution in [0.4, 0.5) is 16.4 Å². The van der Waals surface area contributed by atoms with Gasteiger partial charge in [0.05, 0.1) is 18.9 Å². The van der Waals surface area contributed by atoms with Crippen molar-refractivity contribution in [1.82, 2.24) is 9.97 Å². The molecule has 0 aromatic carbocycles. The molecule has 1 unspecified atom stereocenters. The summed E-state index contributed by atoms with van der Waals surface area (Å²) in [6.07, 6.45) is 5.27. The molecule has 2 amide bonds. The Morgan fingerprint density at radius 2 is 2.00 bits per heavy atom. The highest BCUT2D eigenvalue weighted by Gasteiger charge is 2.38. The van der Waals surface area contributed by atoms with E-state index >= 15 is 0 Å². The molecule has 2 aliphatic rings. The Morgan fingerprint density at radius 1 is 1.23 bits per heavy atom. The van der Waals surface area contributed by atoms with Crippen LogP contribution in [0.15, 0.2) is 18.3 Å². The summed E-state index contributed by atoms with van der Waals surface area (Å²) in [6, 6.07) is 5.37. The first-order chi connectivity index (χ1) is 20.5. The fraction of sp³-hybridized carbons (Fsp3) is 0.613. The lowest BCUT2D eigenvalue weighted by Crippen LogP contribution is -2.41. The number of hydrogen-bond acceptors (Lipinski definition) is 9. The minimum absolute atomic E-state index is 0.0168. The van der Waals surface area contributed by atoms with E-state index in [1.165, 1.54) is 6.20 Å². The van der Waals surface area contributed by atoms with Crippen LogP contribution in [0.5, 0.6) is 5.75 Å². The third-order valence-electron chi connectivity index (χ3n) is 8.49. The van der Waals surface area contributed by atoms with Crippen LogP contribution in [0.1, 0.15) is 75.1 Å². The molecule has 0 saturated carbocycles. The molecule has 234 valence electrons. The van der Waals surface area contributed by atoms with Crippen LogP contribution in [0, 0.1) is 11.3 Å². The van der Waals surface area contributed by atoms with Gasteiger partial charge < -0.3 is 23.4 Å². The molecule has 1 fully saturated rings. The zero-order chi connectivity index (χ0) is 31.2. The van der Waals surface area contributed by atoms with Gasteiger partial charge in [0.1, 0.15) is 41.3 Å². The molecule has 0 radical (unpaired) electrons. The number of amides is 2. The highest BCUT2D eigenvalue weighted by molar-refractivity contribution is 6.74. The minimum atomic E-state index is -2.03. The number of pyridine rings is 2. The van der Waals surface area contributed by atoms with Crippen molar-refractivity contribution in [3.63, 3.8) is 0 Å². The molecule has 1 saturated heterocycles. The number of aryl methyl sites for hydroxylation is 1. The normalized spacial score (nSPS) is 17.4. The van der Waals surface area contributed by atoms with Gasteiger partial charge in [-0.2, -0.15) is 5.26 Å². The first-order valence-electron chi connectivity index (χ1n) is 14.9. The zero-order valence-corrected chi connectivity index (χ0v) is 27.5. The van der Waals surface area contributed by atoms with E-state index in [9.17, 15) is 10.1 Å². The third kappa shape index (κ3) is 7.90. The van der Waals surface area contributed by atoms with E-state index in [-0.39, 0.29) is 23.0 Å². The first-order valence-corrected chi connectivity index (χ1v) is 17.8. The molecule has 4 rings (SSSR count). The summed E-state index contributed by atoms with van der Waals surface area (Å²) in [5.41, 5.74) is 2.71. The summed E-state index contributed by atoms with van der Waals surface area (Å²) in [6.45, 7) is 13.0. The molecule has 0 spiro atoms. The van der Waals surface area contributed by atoms with E-state index in [0.717, 1.165) is 43.2 Å². The van der Waals surface area contributed by atoms with E-state index in [1.807, 2.05) is 0 Å². The molecule has 1 N–H and O–H groups in total. The summed E-state index contributed by atoms with van der Waals surface area (Å²) in [5.74, 6) is 1.19. The number of hydrogen-bond donors (Lipinski definition) is 1. The number of aromatic nitrogens is 2. The molecule has 0 bridgehead atoms. The van der Waals surface area contributed by atoms with Crippen molar-refractivity contribution >= 4 is 26.0 Å². The molecule has 11 nitrogen and oxygen atoms in total. The number of carbonyl (C=O) groups is 1. The van der Waals surface area contributed by atoms with Gasteiger partial charge in [-0.25, -0.2) is 14.8 Å². The van der Waals surface area contributed by atoms with E-state index in [4.69, 9.17) is 28.4 Å². The number of anilines is 2. The van der Waals surface area contributed by atoms with E-state index in [2.05, 4.69) is 56.3 Å². The van der Waals surface area contributed by atoms with Gasteiger partial charge in [0.2, 0.25) is 6.29 Å². The Labute approximate surface area is 256 Å². The molecule has 2 aliphatic heterocycles. The molecular formula is C31H45N5O6Si. The zero-order valence-electron chi connectivity index (χ0n) is 26.5. The Balaban J connectivity index is 1.56. The molecule has 2 aromatic rings. The topological polar surface area (TPSA) is 128 Å². The van der Waals surface area contributed by atoms with Crippen molar-refractivity contribution in [1.29, 1.82) is 5.26 Å². The first kappa shape index (κ1) is 32.8. The second-order valence-corrected chi connectivity index (χ2v) is 17.3. The number of methoxy groups -OCH3 is 2. The highest BCUT2D eigenvalue weighted by Crippen LogP contribution is 2.38. The van der Waals surface area contributed by atoms with Crippen molar-refractivity contribution in [3.05, 3.63) is 40.7 Å². The van der Waals surface area contributed by atoms with Crippen LogP contribution in [0.3, 0.4) is 0 Å². The second kappa shape index (κ2) is 14.1. The number of nitrogens with one attached hydrogen (secondary N) is 1. The third-order valence-corrected chi connectivity index (χ3v) is 13.0. The number of nitrogens with zero attached hydrogens (tertiary/aromatic N) is 4. The van der Waals surface area contributed by atoms with Gasteiger partial charge in [0.15, 0.2) is 8.32 Å². The smallest absolute Gasteiger partial charge is 0.328 e. The maximum Gasteiger partial charge on any atom is 0.328 e. The van der Waals surface area contributed by atoms with Gasteiger partial charge in [-0.05, 0) is 61.9 Å². The van der Waals surface area contributed by atoms with Crippen LogP contribution in [0.2, 0.25) is 18.1 Å². The van der Waals surface area contributed by atoms with Gasteiger partial charge in [0, 0.05) is 39.0 Å². The molecule has 1 atom stereocenters. The summed E-state index contributed by atoms with van der Waals surface area (Å²) in [4.78, 5) is 24.4. The van der Waals surface area contributed by atoms with Crippen molar-refractivity contribution in [2.24, 2.45) is 0 Å². The predicted octanol–water partition coefficient (Wildman–Crippen LogP) is 6.09. The molecule has 4 heterocycles. The van der Waals surface area contributed by atoms with E-state index in [1.54, 1.807) is 25.2 Å². The summed E-state index contributed by atoms with van der Waals surface area (Å²) >= 11 is 0. The van der Waals surface area contributed by atoms with E-state index < -0.39 is 14.6 Å². The predicted molar refractivity (Wildman–Crippen MR) is 166 cm³/mol. The maximum absolute atomic E-state index is 13.6. The number of carbonyl (C=O) groups excluding carboxylic acids is 1. The Morgan fingerprint density at radius 3 is 2.65 bits per heavy atom. The van der Waals surface area contributed by atoms with Gasteiger partial charge in [-0.3, -0.25) is 10.2 Å². The largest absolute Gasteiger partial charge is 0.489 e. The van der Waals surface area contributed by atoms with Crippen LogP contribution < -0.4 is 15.0 Å². The Hall–Kier alpha value is -3.08. The number of urea groups is 1. The van der Waals surface area contributed by atoms with Gasteiger partial charge >= 0.3 is 6.03 Å². The van der Waals surface area contributed by atoms with E-state index in [0.29, 0.717) is 49.2 Å². The Bertz CT molecular complexity index is 1310. The van der Waals surface area contributed by atoms with Crippen LogP contribution >= 0.6 is 0 Å². The molecule has 2 aromatic heterocycles. The highest BCUT2D eigenvalue weighted by atomic mass is 28.4. The standard InChI is InChI=1S/C31H45N5O6Si/c1-31(2,3)43(6,7)42-19-22-15-21-11-10-13-36(28(21)35-27(22)29(38-4)39-5)30(37)34-26-16-25(23(17-32)18-33-26)41-20-24-12-8-9-14-40-24/h15-16,18,24,29H,8-14,19-20H2,1-7H3,(H,33,34,37). The van der Waals surface area contributed by atoms with Gasteiger partial charge in [-0.15, -0.1) is 0 Å². The number of rotatable bonds is 10. The van der Waals surface area contributed by atoms with Gasteiger partial charge in [-0.1, -0.05) is 20.8 Å². The monoisotopic (exact) mass is 611 g/mol. The summed E-state index contributed by atoms with van der Waals surface area (Å²) in [7, 11) is 1.10. The quantitative estimate of drug-likeness (QED) is 0.251. The summed E-state index contributed by atoms with van der Waals surface area (Å²) < 4.78 is 29.4. The lowest BCUT2D eigenvalue weighted by atomic mass is 10.0. The Kier molecular flexibility index (Phi) is 10.8. The number of fused-ring (bicyclic) bond motifs is 1. The van der Waals surface area contributed by atoms with Crippen molar-refractivity contribution in [3.8, 4) is 11.8 Å². The fourth-order valence-corrected chi connectivity index (χ4v) is 5.83. The van der Waals surface area contributed by atoms with Crippen LogP contribution in [-0.2, 0) is 31.7 Å². The molecule has 43 heavy (non-hydrogen) atoms. The lowest BCUT2D eigenvalue weighted by molar-refractivity contribution is -0.109. The molecular weight excluding hydrogens is 566 g/mol. The summed E-state index contributed by atoms with van der Waals surface area (Å²) in [5, 5.41) is 12.5. The van der Waals surface area contributed by atoms with Crippen molar-refractivity contribution in [2.45, 2.75) is 90.0 Å². The SMILES string of the molecule is COC(OC)c1nc2c(cc1CO[Si](C)(C)C(C)(C)C)CCCN2C(=O)Nc1cc(OCC2CCCCO2)c(C#N)cn1. The molecule has 0 aliphatic carbocycles. The number of ether oxygens (including phenoxy) is 4. The van der Waals surface area contributed by atoms with Crippen molar-refractivity contribution in [2.75, 3.05) is 44.2 Å². The molecule has 12 heteroatoms. The minimum Gasteiger partial charge on any atom is -0.489 e. The second-order valence-electron chi connectivity index (χ2n) is 12.5. The number of nitriles is 1.